The molecule has 0 unspecified atom stereocenters. The molecule has 0 fully saturated rings. The van der Waals surface area contributed by atoms with Gasteiger partial charge >= 0.3 is 0 Å². The summed E-state index contributed by atoms with van der Waals surface area (Å²) in [4.78, 5) is 0. The Morgan fingerprint density at radius 1 is 0.774 bits per heavy atom. The van der Waals surface area contributed by atoms with Crippen molar-refractivity contribution in [3.63, 3.8) is 0 Å². The second-order valence-corrected chi connectivity index (χ2v) is 10.2. The number of likely N-dealkylation sites (N-methyl/N-ethyl adjacent to an activating group) is 1. The van der Waals surface area contributed by atoms with Gasteiger partial charge in [-0.25, -0.2) is 0 Å². The number of rotatable bonds is 13. The number of hydrogen-bond acceptors (Lipinski definition) is 2. The molecule has 0 bridgehead atoms. The third-order valence-electron chi connectivity index (χ3n) is 6.34. The maximum atomic E-state index is 6.03. The van der Waals surface area contributed by atoms with Crippen molar-refractivity contribution >= 4 is 0 Å². The van der Waals surface area contributed by atoms with Crippen molar-refractivity contribution in [2.75, 3.05) is 40.5 Å². The third-order valence-corrected chi connectivity index (χ3v) is 6.34. The Labute approximate surface area is 191 Å². The highest BCUT2D eigenvalue weighted by atomic mass is 16.5. The van der Waals surface area contributed by atoms with Crippen LogP contribution in [0.3, 0.4) is 0 Å². The molecule has 2 rings (SSSR count). The molecular formula is C28H44NO2+. The van der Waals surface area contributed by atoms with Gasteiger partial charge in [0.05, 0.1) is 27.3 Å². The van der Waals surface area contributed by atoms with Gasteiger partial charge in [0.1, 0.15) is 24.4 Å². The summed E-state index contributed by atoms with van der Waals surface area (Å²) < 4.78 is 12.8. The summed E-state index contributed by atoms with van der Waals surface area (Å²) in [6, 6.07) is 19.3. The zero-order valence-electron chi connectivity index (χ0n) is 20.9. The Morgan fingerprint density at radius 2 is 1.35 bits per heavy atom. The predicted octanol–water partition coefficient (Wildman–Crippen LogP) is 6.45. The lowest BCUT2D eigenvalue weighted by molar-refractivity contribution is -0.952. The van der Waals surface area contributed by atoms with E-state index in [0.717, 1.165) is 28.9 Å². The van der Waals surface area contributed by atoms with Crippen LogP contribution in [-0.4, -0.2) is 44.9 Å². The monoisotopic (exact) mass is 426 g/mol. The van der Waals surface area contributed by atoms with Gasteiger partial charge in [0.25, 0.3) is 0 Å². The minimum Gasteiger partial charge on any atom is -0.491 e. The quantitative estimate of drug-likeness (QED) is 0.270. The van der Waals surface area contributed by atoms with Crippen molar-refractivity contribution in [1.29, 1.82) is 0 Å². The van der Waals surface area contributed by atoms with Gasteiger partial charge < -0.3 is 14.0 Å². The van der Waals surface area contributed by atoms with Gasteiger partial charge in [-0.05, 0) is 30.4 Å². The SMILES string of the molecule is Cc1ccccc1OCCOCC[N+](C)(C)C(CC(C)C)(CC(C)C)c1ccccc1. The molecule has 0 saturated heterocycles. The molecule has 31 heavy (non-hydrogen) atoms. The molecule has 0 radical (unpaired) electrons. The minimum atomic E-state index is 0.0740. The molecule has 0 saturated carbocycles. The lowest BCUT2D eigenvalue weighted by Gasteiger charge is -2.51. The average Bonchev–Trinajstić information content (AvgIpc) is 2.71. The van der Waals surface area contributed by atoms with E-state index in [0.29, 0.717) is 25.0 Å². The van der Waals surface area contributed by atoms with E-state index >= 15 is 0 Å². The van der Waals surface area contributed by atoms with Gasteiger partial charge in [0.2, 0.25) is 0 Å². The summed E-state index contributed by atoms with van der Waals surface area (Å²) in [6.45, 7) is 14.3. The molecule has 0 aromatic heterocycles. The fraction of sp³-hybridized carbons (Fsp3) is 0.571. The van der Waals surface area contributed by atoms with Crippen LogP contribution in [0.5, 0.6) is 5.75 Å². The molecule has 0 aliphatic carbocycles. The van der Waals surface area contributed by atoms with Gasteiger partial charge in [-0.3, -0.25) is 0 Å². The lowest BCUT2D eigenvalue weighted by atomic mass is 9.74. The van der Waals surface area contributed by atoms with Crippen LogP contribution < -0.4 is 4.74 Å². The average molecular weight is 427 g/mol. The summed E-state index contributed by atoms with van der Waals surface area (Å²) in [6.07, 6.45) is 2.33. The molecule has 3 heteroatoms. The second kappa shape index (κ2) is 11.7. The Bertz CT molecular complexity index is 758. The number of hydrogen-bond donors (Lipinski definition) is 0. The van der Waals surface area contributed by atoms with Crippen molar-refractivity contribution in [2.24, 2.45) is 11.8 Å². The van der Waals surface area contributed by atoms with Crippen LogP contribution in [0.25, 0.3) is 0 Å². The molecule has 3 nitrogen and oxygen atoms in total. The van der Waals surface area contributed by atoms with Crippen molar-refractivity contribution in [2.45, 2.75) is 53.0 Å². The zero-order chi connectivity index (χ0) is 22.9. The minimum absolute atomic E-state index is 0.0740. The first kappa shape index (κ1) is 25.4. The van der Waals surface area contributed by atoms with Crippen molar-refractivity contribution in [1.82, 2.24) is 0 Å². The highest BCUT2D eigenvalue weighted by Gasteiger charge is 2.47. The summed E-state index contributed by atoms with van der Waals surface area (Å²) in [5.41, 5.74) is 2.69. The van der Waals surface area contributed by atoms with E-state index in [1.807, 2.05) is 18.2 Å². The van der Waals surface area contributed by atoms with Crippen LogP contribution in [0, 0.1) is 18.8 Å². The molecule has 0 aliphatic heterocycles. The molecule has 0 aliphatic rings. The summed E-state index contributed by atoms with van der Waals surface area (Å²) in [7, 11) is 4.76. The molecule has 2 aromatic carbocycles. The smallest absolute Gasteiger partial charge is 0.125 e. The molecule has 0 atom stereocenters. The van der Waals surface area contributed by atoms with Gasteiger partial charge in [-0.1, -0.05) is 76.2 Å². The highest BCUT2D eigenvalue weighted by Crippen LogP contribution is 2.43. The van der Waals surface area contributed by atoms with Gasteiger partial charge in [-0.2, -0.15) is 0 Å². The summed E-state index contributed by atoms with van der Waals surface area (Å²) in [5.74, 6) is 2.19. The van der Waals surface area contributed by atoms with Gasteiger partial charge in [0.15, 0.2) is 0 Å². The standard InChI is InChI=1S/C28H44NO2/c1-23(2)21-28(22-24(3)4,26-14-9-8-10-15-26)29(6,7)17-18-30-19-20-31-27-16-12-11-13-25(27)5/h8-16,23-24H,17-22H2,1-7H3/q+1. The molecule has 2 aromatic rings. The number of quaternary nitrogens is 1. The Hall–Kier alpha value is -1.84. The molecule has 0 N–H and O–H groups in total. The number of ether oxygens (including phenoxy) is 2. The van der Waals surface area contributed by atoms with E-state index in [1.54, 1.807) is 0 Å². The maximum Gasteiger partial charge on any atom is 0.125 e. The van der Waals surface area contributed by atoms with Crippen LogP contribution >= 0.6 is 0 Å². The van der Waals surface area contributed by atoms with E-state index in [2.05, 4.69) is 85.1 Å². The first-order valence-electron chi connectivity index (χ1n) is 11.8. The molecule has 0 amide bonds. The van der Waals surface area contributed by atoms with Gasteiger partial charge in [0, 0.05) is 18.4 Å². The molecule has 0 heterocycles. The molecular weight excluding hydrogens is 382 g/mol. The van der Waals surface area contributed by atoms with E-state index in [4.69, 9.17) is 9.47 Å². The Balaban J connectivity index is 2.04. The number of benzene rings is 2. The summed E-state index contributed by atoms with van der Waals surface area (Å²) in [5, 5.41) is 0. The largest absolute Gasteiger partial charge is 0.491 e. The Morgan fingerprint density at radius 3 is 1.94 bits per heavy atom. The van der Waals surface area contributed by atoms with E-state index in [-0.39, 0.29) is 5.54 Å². The van der Waals surface area contributed by atoms with Crippen LogP contribution in [0.4, 0.5) is 0 Å². The fourth-order valence-electron chi connectivity index (χ4n) is 4.80. The molecule has 172 valence electrons. The van der Waals surface area contributed by atoms with E-state index in [9.17, 15) is 0 Å². The topological polar surface area (TPSA) is 18.5 Å². The van der Waals surface area contributed by atoms with Crippen molar-refractivity contribution in [3.8, 4) is 5.75 Å². The maximum absolute atomic E-state index is 6.03. The number of para-hydroxylation sites is 1. The molecule has 0 spiro atoms. The number of nitrogens with zero attached hydrogens (tertiary/aromatic N) is 1. The van der Waals surface area contributed by atoms with Gasteiger partial charge in [-0.15, -0.1) is 0 Å². The van der Waals surface area contributed by atoms with Crippen molar-refractivity contribution < 1.29 is 14.0 Å². The van der Waals surface area contributed by atoms with E-state index in [1.165, 1.54) is 18.4 Å². The summed E-state index contributed by atoms with van der Waals surface area (Å²) >= 11 is 0. The highest BCUT2D eigenvalue weighted by molar-refractivity contribution is 5.31. The second-order valence-electron chi connectivity index (χ2n) is 10.2. The van der Waals surface area contributed by atoms with Crippen LogP contribution in [0.2, 0.25) is 0 Å². The normalized spacial score (nSPS) is 12.5. The Kier molecular flexibility index (Phi) is 9.58. The first-order chi connectivity index (χ1) is 14.7. The van der Waals surface area contributed by atoms with Crippen LogP contribution in [0.15, 0.2) is 54.6 Å². The zero-order valence-corrected chi connectivity index (χ0v) is 20.9. The van der Waals surface area contributed by atoms with Crippen molar-refractivity contribution in [3.05, 3.63) is 65.7 Å². The number of aryl methyl sites for hydroxylation is 1. The first-order valence-corrected chi connectivity index (χ1v) is 11.8. The fourth-order valence-corrected chi connectivity index (χ4v) is 4.80. The van der Waals surface area contributed by atoms with Crippen LogP contribution in [-0.2, 0) is 10.3 Å². The lowest BCUT2D eigenvalue weighted by Crippen LogP contribution is -2.59. The van der Waals surface area contributed by atoms with E-state index < -0.39 is 0 Å². The van der Waals surface area contributed by atoms with Crippen LogP contribution in [0.1, 0.15) is 51.7 Å². The third kappa shape index (κ3) is 7.08. The predicted molar refractivity (Wildman–Crippen MR) is 131 cm³/mol.